The number of hydrogen-bond acceptors (Lipinski definition) is 5. The summed E-state index contributed by atoms with van der Waals surface area (Å²) in [5.41, 5.74) is 1.89. The van der Waals surface area contributed by atoms with E-state index in [0.29, 0.717) is 5.47 Å². The highest BCUT2D eigenvalue weighted by molar-refractivity contribution is 6.56. The van der Waals surface area contributed by atoms with Crippen LogP contribution in [0.4, 0.5) is 13.6 Å². The molecule has 1 aliphatic heterocycles. The third-order valence-corrected chi connectivity index (χ3v) is 8.01. The maximum Gasteiger partial charge on any atom is 0.492 e. The number of amides is 1. The largest absolute Gasteiger partial charge is 0.492 e. The molecular formula is C31H30BF2NO6. The summed E-state index contributed by atoms with van der Waals surface area (Å²) >= 11 is 0. The standard InChI is InChI=1S/C31H30BF2NO6/c1-30(2)31(3,4)41-32(40-30)19(15-18-13-14-25(33)26(27(18)34)28(36)37)16-35-29(38)39-17-24-22-11-7-5-9-20(22)21-10-6-8-12-23(21)24/h5-15,24H,16-17H2,1-4H3,(H,35,38)(H,36,37). The smallest absolute Gasteiger partial charge is 0.477 e. The fourth-order valence-corrected chi connectivity index (χ4v) is 5.10. The number of carbonyl (C=O) groups is 2. The Bertz CT molecular complexity index is 1490. The minimum atomic E-state index is -1.73. The van der Waals surface area contributed by atoms with Crippen molar-refractivity contribution in [3.8, 4) is 11.1 Å². The van der Waals surface area contributed by atoms with Crippen molar-refractivity contribution in [2.75, 3.05) is 13.2 Å². The van der Waals surface area contributed by atoms with Crippen LogP contribution >= 0.6 is 0 Å². The number of fused-ring (bicyclic) bond motifs is 3. The van der Waals surface area contributed by atoms with Crippen LogP contribution < -0.4 is 5.32 Å². The number of hydrogen-bond donors (Lipinski definition) is 2. The van der Waals surface area contributed by atoms with Gasteiger partial charge in [0.1, 0.15) is 23.8 Å². The molecule has 1 saturated heterocycles. The minimum Gasteiger partial charge on any atom is -0.477 e. The fraction of sp³-hybridized carbons (Fsp3) is 0.290. The zero-order chi connectivity index (χ0) is 29.5. The van der Waals surface area contributed by atoms with E-state index in [-0.39, 0.29) is 24.6 Å². The van der Waals surface area contributed by atoms with Gasteiger partial charge in [0, 0.05) is 18.0 Å². The summed E-state index contributed by atoms with van der Waals surface area (Å²) in [4.78, 5) is 24.3. The van der Waals surface area contributed by atoms with Crippen LogP contribution in [0.1, 0.15) is 60.7 Å². The van der Waals surface area contributed by atoms with Crippen molar-refractivity contribution in [1.29, 1.82) is 0 Å². The summed E-state index contributed by atoms with van der Waals surface area (Å²) in [5.74, 6) is -4.30. The van der Waals surface area contributed by atoms with E-state index in [2.05, 4.69) is 5.32 Å². The number of nitrogens with one attached hydrogen (secondary N) is 1. The van der Waals surface area contributed by atoms with E-state index >= 15 is 4.39 Å². The second-order valence-corrected chi connectivity index (χ2v) is 11.1. The maximum absolute atomic E-state index is 15.0. The van der Waals surface area contributed by atoms with E-state index in [1.807, 2.05) is 76.2 Å². The van der Waals surface area contributed by atoms with Gasteiger partial charge in [0.05, 0.1) is 11.2 Å². The van der Waals surface area contributed by atoms with Gasteiger partial charge < -0.3 is 24.5 Å². The Morgan fingerprint density at radius 3 is 2.07 bits per heavy atom. The number of carboxylic acids is 1. The SMILES string of the molecule is CC1(C)OB(C(=Cc2ccc(F)c(C(=O)O)c2F)CNC(=O)OCC2c3ccccc3-c3ccccc32)OC1(C)C. The highest BCUT2D eigenvalue weighted by Crippen LogP contribution is 2.44. The van der Waals surface area contributed by atoms with Crippen molar-refractivity contribution in [3.63, 3.8) is 0 Å². The molecule has 5 rings (SSSR count). The maximum atomic E-state index is 15.0. The number of carboxylic acid groups (broad SMARTS) is 1. The third kappa shape index (κ3) is 5.37. The van der Waals surface area contributed by atoms with E-state index in [4.69, 9.17) is 14.0 Å². The van der Waals surface area contributed by atoms with Gasteiger partial charge in [0.15, 0.2) is 0 Å². The number of halogens is 2. The highest BCUT2D eigenvalue weighted by atomic mass is 19.1. The summed E-state index contributed by atoms with van der Waals surface area (Å²) in [6.07, 6.45) is 0.590. The lowest BCUT2D eigenvalue weighted by molar-refractivity contribution is 0.00578. The molecule has 0 radical (unpaired) electrons. The molecule has 41 heavy (non-hydrogen) atoms. The zero-order valence-electron chi connectivity index (χ0n) is 23.2. The molecule has 2 aliphatic rings. The Morgan fingerprint density at radius 2 is 1.51 bits per heavy atom. The Labute approximate surface area is 237 Å². The molecule has 1 heterocycles. The Balaban J connectivity index is 1.35. The molecule has 0 aromatic heterocycles. The van der Waals surface area contributed by atoms with Crippen molar-refractivity contribution >= 4 is 25.3 Å². The second kappa shape index (κ2) is 10.8. The average Bonchev–Trinajstić information content (AvgIpc) is 3.35. The van der Waals surface area contributed by atoms with Gasteiger partial charge in [-0.25, -0.2) is 18.4 Å². The van der Waals surface area contributed by atoms with Crippen LogP contribution in [0.25, 0.3) is 17.2 Å². The fourth-order valence-electron chi connectivity index (χ4n) is 5.10. The molecule has 7 nitrogen and oxygen atoms in total. The molecule has 1 fully saturated rings. The van der Waals surface area contributed by atoms with Crippen LogP contribution in [0, 0.1) is 11.6 Å². The van der Waals surface area contributed by atoms with Gasteiger partial charge in [-0.1, -0.05) is 54.6 Å². The summed E-state index contributed by atoms with van der Waals surface area (Å²) in [7, 11) is -0.994. The van der Waals surface area contributed by atoms with Crippen LogP contribution in [-0.2, 0) is 14.0 Å². The molecule has 0 spiro atoms. The first-order valence-corrected chi connectivity index (χ1v) is 13.3. The van der Waals surface area contributed by atoms with E-state index < -0.39 is 47.6 Å². The van der Waals surface area contributed by atoms with Gasteiger partial charge in [-0.15, -0.1) is 0 Å². The number of rotatable bonds is 7. The first-order chi connectivity index (χ1) is 19.4. The molecule has 1 aliphatic carbocycles. The molecule has 10 heteroatoms. The molecule has 3 aromatic rings. The molecular weight excluding hydrogens is 531 g/mol. The Hall–Kier alpha value is -4.02. The van der Waals surface area contributed by atoms with Gasteiger partial charge in [-0.05, 0) is 67.6 Å². The predicted octanol–water partition coefficient (Wildman–Crippen LogP) is 6.22. The first-order valence-electron chi connectivity index (χ1n) is 13.3. The van der Waals surface area contributed by atoms with E-state index in [0.717, 1.165) is 34.4 Å². The van der Waals surface area contributed by atoms with Gasteiger partial charge in [0.2, 0.25) is 0 Å². The van der Waals surface area contributed by atoms with E-state index in [9.17, 15) is 19.1 Å². The predicted molar refractivity (Wildman–Crippen MR) is 150 cm³/mol. The van der Waals surface area contributed by atoms with Crippen LogP contribution in [0.2, 0.25) is 0 Å². The number of carbonyl (C=O) groups excluding carboxylic acids is 1. The average molecular weight is 561 g/mol. The van der Waals surface area contributed by atoms with Crippen molar-refractivity contribution in [1.82, 2.24) is 5.32 Å². The summed E-state index contributed by atoms with van der Waals surface area (Å²) in [6, 6.07) is 18.0. The molecule has 0 atom stereocenters. The van der Waals surface area contributed by atoms with Gasteiger partial charge in [-0.3, -0.25) is 0 Å². The van der Waals surface area contributed by atoms with E-state index in [1.165, 1.54) is 6.08 Å². The lowest BCUT2D eigenvalue weighted by atomic mass is 9.77. The first kappa shape index (κ1) is 28.5. The van der Waals surface area contributed by atoms with Gasteiger partial charge in [0.25, 0.3) is 0 Å². The number of benzene rings is 3. The quantitative estimate of drug-likeness (QED) is 0.333. The van der Waals surface area contributed by atoms with Crippen LogP contribution in [-0.4, -0.2) is 48.6 Å². The van der Waals surface area contributed by atoms with Gasteiger partial charge in [-0.2, -0.15) is 0 Å². The normalized spacial score (nSPS) is 17.2. The summed E-state index contributed by atoms with van der Waals surface area (Å²) < 4.78 is 46.8. The van der Waals surface area contributed by atoms with E-state index in [1.54, 1.807) is 0 Å². The Morgan fingerprint density at radius 1 is 0.951 bits per heavy atom. The molecule has 1 amide bonds. The molecule has 0 unspecified atom stereocenters. The van der Waals surface area contributed by atoms with Crippen LogP contribution in [0.5, 0.6) is 0 Å². The van der Waals surface area contributed by atoms with Crippen LogP contribution in [0.15, 0.2) is 66.1 Å². The van der Waals surface area contributed by atoms with Crippen molar-refractivity contribution in [2.24, 2.45) is 0 Å². The molecule has 3 aromatic carbocycles. The molecule has 0 saturated carbocycles. The summed E-state index contributed by atoms with van der Waals surface area (Å²) in [5, 5.41) is 12.0. The number of alkyl carbamates (subject to hydrolysis) is 1. The molecule has 0 bridgehead atoms. The lowest BCUT2D eigenvalue weighted by Crippen LogP contribution is -2.41. The van der Waals surface area contributed by atoms with Gasteiger partial charge >= 0.3 is 19.2 Å². The highest BCUT2D eigenvalue weighted by Gasteiger charge is 2.52. The molecule has 212 valence electrons. The van der Waals surface area contributed by atoms with Crippen molar-refractivity contribution in [3.05, 3.63) is 100 Å². The number of ether oxygens (including phenoxy) is 1. The topological polar surface area (TPSA) is 94.1 Å². The minimum absolute atomic E-state index is 0.101. The lowest BCUT2D eigenvalue weighted by Gasteiger charge is -2.32. The van der Waals surface area contributed by atoms with Crippen molar-refractivity contribution in [2.45, 2.75) is 44.8 Å². The monoisotopic (exact) mass is 561 g/mol. The number of aromatic carboxylic acids is 1. The van der Waals surface area contributed by atoms with Crippen molar-refractivity contribution < 1.29 is 37.5 Å². The zero-order valence-corrected chi connectivity index (χ0v) is 23.2. The Kier molecular flexibility index (Phi) is 7.48. The third-order valence-electron chi connectivity index (χ3n) is 8.01. The summed E-state index contributed by atoms with van der Waals surface area (Å²) in [6.45, 7) is 7.29. The molecule has 2 N–H and O–H groups in total. The second-order valence-electron chi connectivity index (χ2n) is 11.1. The van der Waals surface area contributed by atoms with Crippen LogP contribution in [0.3, 0.4) is 0 Å².